The van der Waals surface area contributed by atoms with Gasteiger partial charge in [0, 0.05) is 12.0 Å². The predicted octanol–water partition coefficient (Wildman–Crippen LogP) is 1.80. The molecule has 0 N–H and O–H groups in total. The van der Waals surface area contributed by atoms with Gasteiger partial charge in [-0.2, -0.15) is 0 Å². The first-order valence-electron chi connectivity index (χ1n) is 4.77. The fourth-order valence-corrected chi connectivity index (χ4v) is 2.71. The molecule has 3 nitrogen and oxygen atoms in total. The van der Waals surface area contributed by atoms with Gasteiger partial charge in [0.05, 0.1) is 0 Å². The minimum absolute atomic E-state index is 0.719. The molecule has 0 aromatic carbocycles. The van der Waals surface area contributed by atoms with Crippen molar-refractivity contribution in [3.05, 3.63) is 11.6 Å². The summed E-state index contributed by atoms with van der Waals surface area (Å²) >= 11 is 0. The third-order valence-corrected chi connectivity index (χ3v) is 3.32. The Labute approximate surface area is 71.8 Å². The zero-order valence-corrected chi connectivity index (χ0v) is 7.32. The molecule has 2 aliphatic heterocycles. The zero-order valence-electron chi connectivity index (χ0n) is 7.32. The van der Waals surface area contributed by atoms with Gasteiger partial charge in [0.15, 0.2) is 0 Å². The summed E-state index contributed by atoms with van der Waals surface area (Å²) in [6.45, 7) is 2.07. The number of hydrogen-bond acceptors (Lipinski definition) is 2. The van der Waals surface area contributed by atoms with Gasteiger partial charge in [-0.15, -0.1) is 10.2 Å². The van der Waals surface area contributed by atoms with Crippen molar-refractivity contribution in [2.24, 2.45) is 0 Å². The van der Waals surface area contributed by atoms with Crippen molar-refractivity contribution in [2.45, 2.75) is 44.6 Å². The molecule has 3 aliphatic rings. The van der Waals surface area contributed by atoms with Gasteiger partial charge in [0.25, 0.3) is 0 Å². The van der Waals surface area contributed by atoms with E-state index in [0.717, 1.165) is 17.8 Å². The summed E-state index contributed by atoms with van der Waals surface area (Å²) in [5.74, 6) is 3.09. The van der Waals surface area contributed by atoms with Gasteiger partial charge < -0.3 is 4.57 Å². The summed E-state index contributed by atoms with van der Waals surface area (Å²) < 4.78 is 2.36. The monoisotopic (exact) mass is 163 g/mol. The van der Waals surface area contributed by atoms with Crippen LogP contribution in [-0.2, 0) is 0 Å². The van der Waals surface area contributed by atoms with Crippen molar-refractivity contribution in [1.29, 1.82) is 0 Å². The van der Waals surface area contributed by atoms with Crippen molar-refractivity contribution in [2.75, 3.05) is 0 Å². The third kappa shape index (κ3) is 0.667. The number of aryl methyl sites for hydroxylation is 1. The molecular formula is C9H13N3. The Morgan fingerprint density at radius 1 is 1.17 bits per heavy atom. The SMILES string of the molecule is Cc1nnc2n1C1CCC2CC1. The smallest absolute Gasteiger partial charge is 0.136 e. The minimum atomic E-state index is 0.719. The molecule has 0 radical (unpaired) electrons. The van der Waals surface area contributed by atoms with E-state index < -0.39 is 0 Å². The Balaban J connectivity index is 2.21. The van der Waals surface area contributed by atoms with Gasteiger partial charge in [-0.3, -0.25) is 0 Å². The number of nitrogens with zero attached hydrogens (tertiary/aromatic N) is 3. The number of rotatable bonds is 0. The molecule has 64 valence electrons. The number of fused-ring (bicyclic) bond motifs is 2. The van der Waals surface area contributed by atoms with E-state index in [-0.39, 0.29) is 0 Å². The molecule has 1 aliphatic carbocycles. The van der Waals surface area contributed by atoms with Crippen LogP contribution in [0.3, 0.4) is 0 Å². The first-order chi connectivity index (χ1) is 5.86. The highest BCUT2D eigenvalue weighted by molar-refractivity contribution is 5.10. The van der Waals surface area contributed by atoms with E-state index in [0.29, 0.717) is 0 Å². The lowest BCUT2D eigenvalue weighted by Crippen LogP contribution is -2.28. The molecule has 3 heteroatoms. The molecule has 0 unspecified atom stereocenters. The summed E-state index contributed by atoms with van der Waals surface area (Å²) in [5, 5.41) is 8.40. The maximum Gasteiger partial charge on any atom is 0.136 e. The molecule has 1 saturated carbocycles. The lowest BCUT2D eigenvalue weighted by Gasteiger charge is -2.36. The van der Waals surface area contributed by atoms with Gasteiger partial charge in [-0.05, 0) is 32.6 Å². The van der Waals surface area contributed by atoms with Crippen LogP contribution in [0, 0.1) is 6.92 Å². The normalized spacial score (nSPS) is 32.1. The molecule has 4 rings (SSSR count). The van der Waals surface area contributed by atoms with Crippen LogP contribution in [0.1, 0.15) is 49.3 Å². The van der Waals surface area contributed by atoms with E-state index in [1.54, 1.807) is 0 Å². The lowest BCUT2D eigenvalue weighted by atomic mass is 9.81. The van der Waals surface area contributed by atoms with Crippen molar-refractivity contribution < 1.29 is 0 Å². The first-order valence-corrected chi connectivity index (χ1v) is 4.77. The molecule has 1 fully saturated rings. The Bertz CT molecular complexity index is 308. The van der Waals surface area contributed by atoms with Gasteiger partial charge >= 0.3 is 0 Å². The van der Waals surface area contributed by atoms with Crippen LogP contribution in [0.4, 0.5) is 0 Å². The van der Waals surface area contributed by atoms with Crippen LogP contribution in [0.25, 0.3) is 0 Å². The molecule has 3 heterocycles. The van der Waals surface area contributed by atoms with Gasteiger partial charge in [-0.25, -0.2) is 0 Å². The van der Waals surface area contributed by atoms with E-state index in [4.69, 9.17) is 0 Å². The topological polar surface area (TPSA) is 30.7 Å². The Hall–Kier alpha value is -0.860. The van der Waals surface area contributed by atoms with E-state index >= 15 is 0 Å². The maximum absolute atomic E-state index is 4.25. The second kappa shape index (κ2) is 2.09. The van der Waals surface area contributed by atoms with Crippen molar-refractivity contribution in [3.8, 4) is 0 Å². The highest BCUT2D eigenvalue weighted by Crippen LogP contribution is 2.44. The summed E-state index contributed by atoms with van der Waals surface area (Å²) in [7, 11) is 0. The largest absolute Gasteiger partial charge is 0.312 e. The number of aromatic nitrogens is 3. The molecule has 2 bridgehead atoms. The van der Waals surface area contributed by atoms with Crippen LogP contribution in [-0.4, -0.2) is 14.8 Å². The highest BCUT2D eigenvalue weighted by atomic mass is 15.3. The molecule has 0 spiro atoms. The highest BCUT2D eigenvalue weighted by Gasteiger charge is 2.35. The minimum Gasteiger partial charge on any atom is -0.312 e. The Kier molecular flexibility index (Phi) is 1.15. The van der Waals surface area contributed by atoms with E-state index in [1.165, 1.54) is 31.5 Å². The van der Waals surface area contributed by atoms with Crippen molar-refractivity contribution in [1.82, 2.24) is 14.8 Å². The van der Waals surface area contributed by atoms with Crippen LogP contribution in [0.5, 0.6) is 0 Å². The summed E-state index contributed by atoms with van der Waals surface area (Å²) in [5.41, 5.74) is 0. The molecule has 12 heavy (non-hydrogen) atoms. The summed E-state index contributed by atoms with van der Waals surface area (Å²) in [4.78, 5) is 0. The van der Waals surface area contributed by atoms with Crippen molar-refractivity contribution in [3.63, 3.8) is 0 Å². The standard InChI is InChI=1S/C9H13N3/c1-6-10-11-9-7-2-4-8(5-3-7)12(6)9/h7-8H,2-5H2,1H3. The molecule has 1 aromatic rings. The molecular weight excluding hydrogens is 150 g/mol. The van der Waals surface area contributed by atoms with Gasteiger partial charge in [0.1, 0.15) is 11.6 Å². The zero-order chi connectivity index (χ0) is 8.13. The third-order valence-electron chi connectivity index (χ3n) is 3.32. The quantitative estimate of drug-likeness (QED) is 0.584. The molecule has 0 atom stereocenters. The van der Waals surface area contributed by atoms with E-state index in [2.05, 4.69) is 21.7 Å². The maximum atomic E-state index is 4.25. The van der Waals surface area contributed by atoms with Crippen LogP contribution in [0.15, 0.2) is 0 Å². The molecule has 0 amide bonds. The lowest BCUT2D eigenvalue weighted by molar-refractivity contribution is 0.251. The molecule has 0 saturated heterocycles. The van der Waals surface area contributed by atoms with Gasteiger partial charge in [-0.1, -0.05) is 0 Å². The average Bonchev–Trinajstić information content (AvgIpc) is 2.53. The average molecular weight is 163 g/mol. The number of hydrogen-bond donors (Lipinski definition) is 0. The van der Waals surface area contributed by atoms with Crippen LogP contribution in [0.2, 0.25) is 0 Å². The first kappa shape index (κ1) is 6.63. The fraction of sp³-hybridized carbons (Fsp3) is 0.778. The van der Waals surface area contributed by atoms with E-state index in [9.17, 15) is 0 Å². The predicted molar refractivity (Wildman–Crippen MR) is 45.0 cm³/mol. The fourth-order valence-electron chi connectivity index (χ4n) is 2.71. The van der Waals surface area contributed by atoms with Crippen LogP contribution < -0.4 is 0 Å². The Morgan fingerprint density at radius 3 is 2.58 bits per heavy atom. The van der Waals surface area contributed by atoms with E-state index in [1.807, 2.05) is 0 Å². The second-order valence-corrected chi connectivity index (χ2v) is 3.98. The van der Waals surface area contributed by atoms with Crippen molar-refractivity contribution >= 4 is 0 Å². The van der Waals surface area contributed by atoms with Gasteiger partial charge in [0.2, 0.25) is 0 Å². The summed E-state index contributed by atoms with van der Waals surface area (Å²) in [6, 6.07) is 0.722. The van der Waals surface area contributed by atoms with Crippen LogP contribution >= 0.6 is 0 Å². The molecule has 1 aromatic heterocycles. The Morgan fingerprint density at radius 2 is 1.92 bits per heavy atom. The summed E-state index contributed by atoms with van der Waals surface area (Å²) in [6.07, 6.45) is 5.36. The second-order valence-electron chi connectivity index (χ2n) is 3.98.